The average molecular weight is 268 g/mol. The van der Waals surface area contributed by atoms with Gasteiger partial charge in [-0.1, -0.05) is 6.07 Å². The third kappa shape index (κ3) is 2.15. The Morgan fingerprint density at radius 2 is 1.84 bits per heavy atom. The molecule has 0 aliphatic carbocycles. The maximum absolute atomic E-state index is 5.88. The Bertz CT molecular complexity index is 693. The summed E-state index contributed by atoms with van der Waals surface area (Å²) in [5, 5.41) is 2.01. The van der Waals surface area contributed by atoms with Crippen molar-refractivity contribution in [1.29, 1.82) is 0 Å². The molecule has 0 spiro atoms. The maximum Gasteiger partial charge on any atom is 0.147 e. The van der Waals surface area contributed by atoms with E-state index in [2.05, 4.69) is 9.97 Å². The first-order valence-corrected chi connectivity index (χ1v) is 6.64. The van der Waals surface area contributed by atoms with Crippen molar-refractivity contribution in [3.05, 3.63) is 48.1 Å². The molecule has 0 fully saturated rings. The van der Waals surface area contributed by atoms with Gasteiger partial charge in [0.1, 0.15) is 5.82 Å². The monoisotopic (exact) mass is 268 g/mol. The topological polar surface area (TPSA) is 77.8 Å². The molecule has 0 radical (unpaired) electrons. The molecule has 3 heterocycles. The highest BCUT2D eigenvalue weighted by molar-refractivity contribution is 7.13. The van der Waals surface area contributed by atoms with Gasteiger partial charge in [0.05, 0.1) is 16.3 Å². The van der Waals surface area contributed by atoms with Crippen LogP contribution in [0.3, 0.4) is 0 Å². The lowest BCUT2D eigenvalue weighted by Crippen LogP contribution is -2.00. The van der Waals surface area contributed by atoms with Crippen LogP contribution in [0.2, 0.25) is 0 Å². The summed E-state index contributed by atoms with van der Waals surface area (Å²) in [6.07, 6.45) is 3.50. The number of nitrogen functional groups attached to an aromatic ring is 2. The Labute approximate surface area is 114 Å². The normalized spacial score (nSPS) is 10.5. The highest BCUT2D eigenvalue weighted by Crippen LogP contribution is 2.35. The van der Waals surface area contributed by atoms with Crippen LogP contribution in [-0.4, -0.2) is 9.97 Å². The van der Waals surface area contributed by atoms with Gasteiger partial charge in [0.25, 0.3) is 0 Å². The minimum Gasteiger partial charge on any atom is -0.396 e. The molecule has 0 saturated carbocycles. The van der Waals surface area contributed by atoms with Gasteiger partial charge in [-0.2, -0.15) is 0 Å². The van der Waals surface area contributed by atoms with Crippen molar-refractivity contribution in [2.24, 2.45) is 0 Å². The number of aromatic nitrogens is 2. The molecular weight excluding hydrogens is 256 g/mol. The number of nitrogens with zero attached hydrogens (tertiary/aromatic N) is 2. The van der Waals surface area contributed by atoms with Gasteiger partial charge in [-0.15, -0.1) is 11.3 Å². The average Bonchev–Trinajstić information content (AvgIpc) is 2.96. The van der Waals surface area contributed by atoms with Crippen LogP contribution in [-0.2, 0) is 0 Å². The molecule has 19 heavy (non-hydrogen) atoms. The number of rotatable bonds is 2. The summed E-state index contributed by atoms with van der Waals surface area (Å²) in [4.78, 5) is 9.53. The van der Waals surface area contributed by atoms with Crippen LogP contribution in [0.25, 0.3) is 21.7 Å². The summed E-state index contributed by atoms with van der Waals surface area (Å²) in [5.74, 6) is 0.362. The van der Waals surface area contributed by atoms with E-state index in [4.69, 9.17) is 11.5 Å². The molecular formula is C14H12N4S. The van der Waals surface area contributed by atoms with Crippen LogP contribution in [0.4, 0.5) is 11.5 Å². The van der Waals surface area contributed by atoms with Gasteiger partial charge in [-0.3, -0.25) is 4.98 Å². The maximum atomic E-state index is 5.88. The van der Waals surface area contributed by atoms with E-state index in [0.29, 0.717) is 11.5 Å². The van der Waals surface area contributed by atoms with Crippen LogP contribution in [0.15, 0.2) is 48.1 Å². The van der Waals surface area contributed by atoms with E-state index in [9.17, 15) is 0 Å². The van der Waals surface area contributed by atoms with Crippen molar-refractivity contribution in [2.75, 3.05) is 11.5 Å². The first-order chi connectivity index (χ1) is 9.25. The molecule has 4 nitrogen and oxygen atoms in total. The van der Waals surface area contributed by atoms with E-state index in [1.165, 1.54) is 0 Å². The van der Waals surface area contributed by atoms with E-state index in [0.717, 1.165) is 21.7 Å². The Balaban J connectivity index is 2.26. The van der Waals surface area contributed by atoms with Gasteiger partial charge >= 0.3 is 0 Å². The predicted octanol–water partition coefficient (Wildman–Crippen LogP) is 3.04. The van der Waals surface area contributed by atoms with Crippen LogP contribution in [0.1, 0.15) is 0 Å². The number of hydrogen-bond donors (Lipinski definition) is 2. The molecule has 0 aromatic carbocycles. The SMILES string of the molecule is Nc1cc(-c2ccncc2)c(-c2cccs2)nc1N. The summed E-state index contributed by atoms with van der Waals surface area (Å²) < 4.78 is 0. The fourth-order valence-corrected chi connectivity index (χ4v) is 2.62. The van der Waals surface area contributed by atoms with Gasteiger partial charge in [0.15, 0.2) is 0 Å². The van der Waals surface area contributed by atoms with Crippen LogP contribution < -0.4 is 11.5 Å². The molecule has 3 aromatic rings. The fraction of sp³-hybridized carbons (Fsp3) is 0. The summed E-state index contributed by atoms with van der Waals surface area (Å²) in [7, 11) is 0. The zero-order chi connectivity index (χ0) is 13.2. The summed E-state index contributed by atoms with van der Waals surface area (Å²) in [6, 6.07) is 9.75. The molecule has 0 saturated heterocycles. The van der Waals surface area contributed by atoms with Crippen molar-refractivity contribution in [3.63, 3.8) is 0 Å². The van der Waals surface area contributed by atoms with Gasteiger partial charge in [-0.25, -0.2) is 4.98 Å². The third-order valence-corrected chi connectivity index (χ3v) is 3.71. The van der Waals surface area contributed by atoms with E-state index in [1.54, 1.807) is 23.7 Å². The van der Waals surface area contributed by atoms with Crippen molar-refractivity contribution >= 4 is 22.8 Å². The largest absolute Gasteiger partial charge is 0.396 e. The quantitative estimate of drug-likeness (QED) is 0.748. The second kappa shape index (κ2) is 4.70. The standard InChI is InChI=1S/C14H12N4S/c15-11-8-10(9-3-5-17-6-4-9)13(18-14(11)16)12-2-1-7-19-12/h1-8H,15H2,(H2,16,18). The number of pyridine rings is 2. The lowest BCUT2D eigenvalue weighted by Gasteiger charge is -2.10. The van der Waals surface area contributed by atoms with Crippen LogP contribution in [0, 0.1) is 0 Å². The molecule has 0 bridgehead atoms. The van der Waals surface area contributed by atoms with E-state index < -0.39 is 0 Å². The van der Waals surface area contributed by atoms with Gasteiger partial charge in [0, 0.05) is 18.0 Å². The number of anilines is 2. The van der Waals surface area contributed by atoms with Gasteiger partial charge < -0.3 is 11.5 Å². The zero-order valence-electron chi connectivity index (χ0n) is 10.1. The molecule has 4 N–H and O–H groups in total. The number of nitrogens with two attached hydrogens (primary N) is 2. The molecule has 3 rings (SSSR count). The van der Waals surface area contributed by atoms with E-state index in [1.807, 2.05) is 35.7 Å². The Hall–Kier alpha value is -2.40. The Kier molecular flexibility index (Phi) is 2.89. The molecule has 0 amide bonds. The molecule has 0 atom stereocenters. The van der Waals surface area contributed by atoms with Crippen molar-refractivity contribution in [3.8, 4) is 21.7 Å². The predicted molar refractivity (Wildman–Crippen MR) is 79.6 cm³/mol. The van der Waals surface area contributed by atoms with Crippen LogP contribution >= 0.6 is 11.3 Å². The Morgan fingerprint density at radius 3 is 2.53 bits per heavy atom. The van der Waals surface area contributed by atoms with Crippen molar-refractivity contribution in [2.45, 2.75) is 0 Å². The first-order valence-electron chi connectivity index (χ1n) is 5.76. The van der Waals surface area contributed by atoms with Gasteiger partial charge in [0.2, 0.25) is 0 Å². The highest BCUT2D eigenvalue weighted by Gasteiger charge is 2.12. The van der Waals surface area contributed by atoms with E-state index >= 15 is 0 Å². The zero-order valence-corrected chi connectivity index (χ0v) is 10.9. The molecule has 3 aromatic heterocycles. The fourth-order valence-electron chi connectivity index (χ4n) is 1.90. The summed E-state index contributed by atoms with van der Waals surface area (Å²) in [6.45, 7) is 0. The van der Waals surface area contributed by atoms with Gasteiger partial charge in [-0.05, 0) is 35.2 Å². The van der Waals surface area contributed by atoms with Crippen molar-refractivity contribution in [1.82, 2.24) is 9.97 Å². The van der Waals surface area contributed by atoms with E-state index in [-0.39, 0.29) is 0 Å². The lowest BCUT2D eigenvalue weighted by molar-refractivity contribution is 1.31. The minimum atomic E-state index is 0.362. The molecule has 0 aliphatic rings. The van der Waals surface area contributed by atoms with Crippen molar-refractivity contribution < 1.29 is 0 Å². The molecule has 5 heteroatoms. The third-order valence-electron chi connectivity index (χ3n) is 2.83. The Morgan fingerprint density at radius 1 is 1.05 bits per heavy atom. The molecule has 0 unspecified atom stereocenters. The first kappa shape index (κ1) is 11.7. The highest BCUT2D eigenvalue weighted by atomic mass is 32.1. The summed E-state index contributed by atoms with van der Waals surface area (Å²) >= 11 is 1.62. The summed E-state index contributed by atoms with van der Waals surface area (Å²) in [5.41, 5.74) is 15.1. The minimum absolute atomic E-state index is 0.362. The molecule has 0 aliphatic heterocycles. The number of hydrogen-bond acceptors (Lipinski definition) is 5. The number of thiophene rings is 1. The second-order valence-electron chi connectivity index (χ2n) is 4.07. The molecule has 94 valence electrons. The van der Waals surface area contributed by atoms with Crippen LogP contribution in [0.5, 0.6) is 0 Å². The smallest absolute Gasteiger partial charge is 0.147 e. The second-order valence-corrected chi connectivity index (χ2v) is 5.02. The lowest BCUT2D eigenvalue weighted by atomic mass is 10.0.